The molecule has 5 fully saturated rings. The fourth-order valence-corrected chi connectivity index (χ4v) is 5.32. The average molecular weight is 395 g/mol. The molecule has 1 aliphatic carbocycles. The normalized spacial score (nSPS) is 49.7. The Hall–Kier alpha value is 0.906. The second-order valence-corrected chi connectivity index (χ2v) is 8.27. The number of hydrogen-bond acceptors (Lipinski definition) is 7. The summed E-state index contributed by atoms with van der Waals surface area (Å²) in [6.45, 7) is 6.29. The quantitative estimate of drug-likeness (QED) is 0.417. The minimum atomic E-state index is -1.12. The number of carbonyl (C=O) groups is 1. The molecule has 1 spiro atoms. The van der Waals surface area contributed by atoms with Gasteiger partial charge in [0.2, 0.25) is 5.79 Å². The Labute approximate surface area is 196 Å². The number of fused-ring (bicyclic) bond motifs is 2. The van der Waals surface area contributed by atoms with Crippen molar-refractivity contribution in [3.63, 3.8) is 0 Å². The first-order valence-electron chi connectivity index (χ1n) is 9.37. The summed E-state index contributed by atoms with van der Waals surface area (Å²) in [7, 11) is 0. The van der Waals surface area contributed by atoms with Crippen molar-refractivity contribution in [3.8, 4) is 0 Å². The zero-order chi connectivity index (χ0) is 17.8. The first-order chi connectivity index (χ1) is 11.9. The first-order valence-corrected chi connectivity index (χ1v) is 9.37. The molecule has 2 bridgehead atoms. The van der Waals surface area contributed by atoms with E-state index in [4.69, 9.17) is 24.0 Å². The number of hydrogen-bond donors (Lipinski definition) is 0. The van der Waals surface area contributed by atoms with Gasteiger partial charge >= 0.3 is 51.4 Å². The molecule has 0 aromatic rings. The van der Waals surface area contributed by atoms with Gasteiger partial charge < -0.3 is 24.1 Å². The standard InChI is InChI=1S/C18H28O7.K/c1-10-4-5-13-11(2)15(21-9-7-14(19)20)22-16-18(13)12(10)6-8-17(3,23-16)24-25-18;/h10-13,15-16H,4-9H2,1-3H3,(H,19,20);/q;+1/p-1/t10-,11-,12+,13+,15+,16-,17+,18-;/m1./s1. The molecule has 0 amide bonds. The van der Waals surface area contributed by atoms with Crippen LogP contribution in [0, 0.1) is 23.7 Å². The van der Waals surface area contributed by atoms with Gasteiger partial charge in [0, 0.05) is 30.6 Å². The van der Waals surface area contributed by atoms with Gasteiger partial charge in [-0.3, -0.25) is 0 Å². The van der Waals surface area contributed by atoms with Crippen molar-refractivity contribution in [1.82, 2.24) is 0 Å². The predicted molar refractivity (Wildman–Crippen MR) is 82.4 cm³/mol. The summed E-state index contributed by atoms with van der Waals surface area (Å²) in [6, 6.07) is 0. The van der Waals surface area contributed by atoms with E-state index in [9.17, 15) is 9.90 Å². The van der Waals surface area contributed by atoms with Crippen LogP contribution in [-0.2, 0) is 28.8 Å². The molecule has 26 heavy (non-hydrogen) atoms. The molecule has 8 atom stereocenters. The summed E-state index contributed by atoms with van der Waals surface area (Å²) in [6.07, 6.45) is 2.64. The van der Waals surface area contributed by atoms with Crippen molar-refractivity contribution in [2.75, 3.05) is 6.61 Å². The Balaban J connectivity index is 0.00000196. The number of carboxylic acid groups (broad SMARTS) is 1. The summed E-state index contributed by atoms with van der Waals surface area (Å²) in [4.78, 5) is 22.4. The largest absolute Gasteiger partial charge is 1.00 e. The van der Waals surface area contributed by atoms with E-state index in [1.165, 1.54) is 0 Å². The van der Waals surface area contributed by atoms with E-state index in [0.717, 1.165) is 25.7 Å². The van der Waals surface area contributed by atoms with E-state index >= 15 is 0 Å². The smallest absolute Gasteiger partial charge is 0.550 e. The molecule has 5 rings (SSSR count). The predicted octanol–water partition coefficient (Wildman–Crippen LogP) is -1.64. The topological polar surface area (TPSA) is 86.3 Å². The second-order valence-electron chi connectivity index (χ2n) is 8.27. The van der Waals surface area contributed by atoms with E-state index in [2.05, 4.69) is 13.8 Å². The van der Waals surface area contributed by atoms with Crippen molar-refractivity contribution in [1.29, 1.82) is 0 Å². The number of carboxylic acids is 1. The van der Waals surface area contributed by atoms with Crippen LogP contribution in [0.5, 0.6) is 0 Å². The van der Waals surface area contributed by atoms with Gasteiger partial charge in [0.25, 0.3) is 0 Å². The van der Waals surface area contributed by atoms with Crippen molar-refractivity contribution in [2.45, 2.75) is 76.8 Å². The molecular weight excluding hydrogens is 367 g/mol. The molecule has 1 saturated carbocycles. The summed E-state index contributed by atoms with van der Waals surface area (Å²) in [5, 5.41) is 10.7. The third kappa shape index (κ3) is 3.49. The molecular formula is C18H27KO7. The van der Waals surface area contributed by atoms with Crippen molar-refractivity contribution < 1.29 is 85.3 Å². The monoisotopic (exact) mass is 394 g/mol. The third-order valence-corrected chi connectivity index (χ3v) is 6.69. The Morgan fingerprint density at radius 1 is 1.19 bits per heavy atom. The fraction of sp³-hybridized carbons (Fsp3) is 0.944. The molecule has 8 heteroatoms. The van der Waals surface area contributed by atoms with Crippen molar-refractivity contribution in [2.24, 2.45) is 23.7 Å². The number of carbonyl (C=O) groups excluding carboxylic acids is 1. The van der Waals surface area contributed by atoms with Crippen LogP contribution in [0.3, 0.4) is 0 Å². The molecule has 4 heterocycles. The van der Waals surface area contributed by atoms with Crippen LogP contribution in [0.2, 0.25) is 0 Å². The maximum Gasteiger partial charge on any atom is 1.00 e. The average Bonchev–Trinajstić information content (AvgIpc) is 2.78. The van der Waals surface area contributed by atoms with Gasteiger partial charge in [-0.15, -0.1) is 0 Å². The summed E-state index contributed by atoms with van der Waals surface area (Å²) in [5.41, 5.74) is -0.610. The summed E-state index contributed by atoms with van der Waals surface area (Å²) in [5.74, 6) is -0.871. The minimum Gasteiger partial charge on any atom is -0.550 e. The minimum absolute atomic E-state index is 0. The molecule has 5 aliphatic rings. The molecule has 4 aliphatic heterocycles. The molecule has 0 aromatic heterocycles. The van der Waals surface area contributed by atoms with Gasteiger partial charge in [-0.1, -0.05) is 13.8 Å². The first kappa shape index (κ1) is 21.6. The molecule has 4 saturated heterocycles. The molecule has 0 aromatic carbocycles. The zero-order valence-corrected chi connectivity index (χ0v) is 19.2. The Morgan fingerprint density at radius 3 is 2.69 bits per heavy atom. The van der Waals surface area contributed by atoms with Gasteiger partial charge in [-0.25, -0.2) is 9.78 Å². The van der Waals surface area contributed by atoms with Gasteiger partial charge in [0.1, 0.15) is 0 Å². The van der Waals surface area contributed by atoms with Crippen LogP contribution in [0.25, 0.3) is 0 Å². The van der Waals surface area contributed by atoms with Gasteiger partial charge in [0.05, 0.1) is 6.61 Å². The van der Waals surface area contributed by atoms with Crippen molar-refractivity contribution >= 4 is 5.97 Å². The van der Waals surface area contributed by atoms with Crippen LogP contribution < -0.4 is 56.5 Å². The van der Waals surface area contributed by atoms with Gasteiger partial charge in [-0.2, -0.15) is 0 Å². The Morgan fingerprint density at radius 2 is 1.96 bits per heavy atom. The third-order valence-electron chi connectivity index (χ3n) is 6.69. The zero-order valence-electron chi connectivity index (χ0n) is 16.1. The van der Waals surface area contributed by atoms with E-state index in [0.29, 0.717) is 11.8 Å². The number of aliphatic carboxylic acids is 1. The van der Waals surface area contributed by atoms with E-state index < -0.39 is 29.9 Å². The summed E-state index contributed by atoms with van der Waals surface area (Å²) < 4.78 is 18.1. The van der Waals surface area contributed by atoms with Crippen LogP contribution in [-0.4, -0.2) is 36.5 Å². The van der Waals surface area contributed by atoms with E-state index in [1.54, 1.807) is 0 Å². The molecule has 7 nitrogen and oxygen atoms in total. The maximum absolute atomic E-state index is 10.7. The number of rotatable bonds is 4. The van der Waals surface area contributed by atoms with Crippen molar-refractivity contribution in [3.05, 3.63) is 0 Å². The summed E-state index contributed by atoms with van der Waals surface area (Å²) >= 11 is 0. The van der Waals surface area contributed by atoms with Crippen LogP contribution in [0.4, 0.5) is 0 Å². The molecule has 0 radical (unpaired) electrons. The Bertz CT molecular complexity index is 546. The fourth-order valence-electron chi connectivity index (χ4n) is 5.32. The number of ether oxygens (including phenoxy) is 3. The van der Waals surface area contributed by atoms with Crippen LogP contribution in [0.1, 0.15) is 52.9 Å². The van der Waals surface area contributed by atoms with Gasteiger partial charge in [-0.05, 0) is 38.0 Å². The van der Waals surface area contributed by atoms with Crippen LogP contribution in [0.15, 0.2) is 0 Å². The van der Waals surface area contributed by atoms with Crippen LogP contribution >= 0.6 is 0 Å². The van der Waals surface area contributed by atoms with E-state index in [-0.39, 0.29) is 76.2 Å². The molecule has 142 valence electrons. The molecule has 0 N–H and O–H groups in total. The Kier molecular flexibility index (Phi) is 6.62. The SMILES string of the molecule is C[C@H]1[C@@H](OCCC(=O)[O-])O[C@@H]2O[C@]3(C)CC[C@H]4[C@H](C)CC[C@@H]1[C@@]24OO3.[K+]. The second kappa shape index (κ2) is 7.97. The van der Waals surface area contributed by atoms with E-state index in [1.807, 2.05) is 6.92 Å². The maximum atomic E-state index is 10.7. The molecule has 0 unspecified atom stereocenters. The van der Waals surface area contributed by atoms with Gasteiger partial charge in [0.15, 0.2) is 18.2 Å².